The highest BCUT2D eigenvalue weighted by molar-refractivity contribution is 6.28. The predicted molar refractivity (Wildman–Crippen MR) is 56.9 cm³/mol. The number of halogens is 4. The smallest absolute Gasteiger partial charge is 0.396 e. The molecule has 0 spiro atoms. The first-order chi connectivity index (χ1) is 7.93. The Bertz CT molecular complexity index is 373. The van der Waals surface area contributed by atoms with Crippen LogP contribution in [0.5, 0.6) is 0 Å². The third-order valence-corrected chi connectivity index (χ3v) is 2.05. The summed E-state index contributed by atoms with van der Waals surface area (Å²) in [5, 5.41) is 10.8. The van der Waals surface area contributed by atoms with Crippen molar-refractivity contribution in [3.8, 4) is 0 Å². The Labute approximate surface area is 101 Å². The summed E-state index contributed by atoms with van der Waals surface area (Å²) >= 11 is 5.39. The van der Waals surface area contributed by atoms with E-state index in [2.05, 4.69) is 15.3 Å². The highest BCUT2D eigenvalue weighted by atomic mass is 35.5. The molecule has 0 aromatic carbocycles. The molecule has 0 saturated heterocycles. The van der Waals surface area contributed by atoms with E-state index in [1.165, 1.54) is 0 Å². The van der Waals surface area contributed by atoms with Gasteiger partial charge in [0, 0.05) is 19.2 Å². The Morgan fingerprint density at radius 3 is 2.59 bits per heavy atom. The van der Waals surface area contributed by atoms with Gasteiger partial charge in [-0.15, -0.1) is 0 Å². The van der Waals surface area contributed by atoms with Crippen molar-refractivity contribution in [3.05, 3.63) is 17.0 Å². The summed E-state index contributed by atoms with van der Waals surface area (Å²) in [5.41, 5.74) is -1.08. The molecule has 0 aliphatic rings. The van der Waals surface area contributed by atoms with Gasteiger partial charge in [-0.2, -0.15) is 13.2 Å². The zero-order chi connectivity index (χ0) is 12.9. The van der Waals surface area contributed by atoms with Crippen LogP contribution >= 0.6 is 11.6 Å². The van der Waals surface area contributed by atoms with E-state index in [0.29, 0.717) is 19.4 Å². The minimum Gasteiger partial charge on any atom is -0.396 e. The number of rotatable bonds is 5. The number of nitrogens with zero attached hydrogens (tertiary/aromatic N) is 2. The molecular weight excluding hydrogens is 259 g/mol. The van der Waals surface area contributed by atoms with Crippen molar-refractivity contribution in [2.45, 2.75) is 19.0 Å². The molecule has 1 rings (SSSR count). The van der Waals surface area contributed by atoms with Crippen LogP contribution in [0.3, 0.4) is 0 Å². The summed E-state index contributed by atoms with van der Waals surface area (Å²) in [6.45, 7) is 0.450. The predicted octanol–water partition coefficient (Wildman–Crippen LogP) is 2.33. The molecule has 1 aromatic heterocycles. The summed E-state index contributed by atoms with van der Waals surface area (Å²) in [7, 11) is 0. The minimum atomic E-state index is -4.55. The van der Waals surface area contributed by atoms with Gasteiger partial charge in [-0.05, 0) is 24.4 Å². The lowest BCUT2D eigenvalue weighted by atomic mass is 10.3. The number of anilines is 1. The first kappa shape index (κ1) is 14.0. The molecule has 0 saturated carbocycles. The van der Waals surface area contributed by atoms with Crippen molar-refractivity contribution >= 4 is 17.4 Å². The molecule has 0 fully saturated rings. The zero-order valence-corrected chi connectivity index (χ0v) is 9.52. The molecule has 0 aliphatic carbocycles. The zero-order valence-electron chi connectivity index (χ0n) is 8.76. The first-order valence-electron chi connectivity index (χ1n) is 4.90. The van der Waals surface area contributed by atoms with Crippen LogP contribution in [0.2, 0.25) is 5.28 Å². The summed E-state index contributed by atoms with van der Waals surface area (Å²) in [4.78, 5) is 6.72. The van der Waals surface area contributed by atoms with Crippen LogP contribution in [0.25, 0.3) is 0 Å². The third-order valence-electron chi connectivity index (χ3n) is 1.88. The molecule has 1 heterocycles. The largest absolute Gasteiger partial charge is 0.433 e. The lowest BCUT2D eigenvalue weighted by Crippen LogP contribution is -2.11. The summed E-state index contributed by atoms with van der Waals surface area (Å²) < 4.78 is 37.1. The quantitative estimate of drug-likeness (QED) is 0.636. The summed E-state index contributed by atoms with van der Waals surface area (Å²) in [5.74, 6) is 0.0234. The fraction of sp³-hybridized carbons (Fsp3) is 0.556. The Hall–Kier alpha value is -1.08. The van der Waals surface area contributed by atoms with Crippen LogP contribution in [0.4, 0.5) is 19.0 Å². The van der Waals surface area contributed by atoms with Crippen molar-refractivity contribution in [3.63, 3.8) is 0 Å². The molecule has 8 heteroatoms. The minimum absolute atomic E-state index is 0.0234. The number of aromatic nitrogens is 2. The highest BCUT2D eigenvalue weighted by Gasteiger charge is 2.33. The third kappa shape index (κ3) is 4.74. The van der Waals surface area contributed by atoms with Crippen molar-refractivity contribution in [2.75, 3.05) is 18.5 Å². The molecule has 0 amide bonds. The van der Waals surface area contributed by atoms with Crippen LogP contribution in [-0.4, -0.2) is 28.2 Å². The SMILES string of the molecule is OCCCCNc1cc(C(F)(F)F)nc(Cl)n1. The van der Waals surface area contributed by atoms with Gasteiger partial charge < -0.3 is 10.4 Å². The molecule has 0 unspecified atom stereocenters. The van der Waals surface area contributed by atoms with Gasteiger partial charge in [0.15, 0.2) is 5.69 Å². The van der Waals surface area contributed by atoms with E-state index in [9.17, 15) is 13.2 Å². The van der Waals surface area contributed by atoms with E-state index in [1.54, 1.807) is 0 Å². The topological polar surface area (TPSA) is 58.0 Å². The van der Waals surface area contributed by atoms with Gasteiger partial charge in [-0.25, -0.2) is 9.97 Å². The van der Waals surface area contributed by atoms with Crippen molar-refractivity contribution in [1.29, 1.82) is 0 Å². The number of hydrogen-bond donors (Lipinski definition) is 2. The number of aliphatic hydroxyl groups is 1. The van der Waals surface area contributed by atoms with E-state index in [4.69, 9.17) is 16.7 Å². The molecule has 0 bridgehead atoms. The second-order valence-corrected chi connectivity index (χ2v) is 3.60. The average Bonchev–Trinajstić information content (AvgIpc) is 2.22. The normalized spacial score (nSPS) is 11.6. The fourth-order valence-electron chi connectivity index (χ4n) is 1.11. The van der Waals surface area contributed by atoms with E-state index < -0.39 is 17.2 Å². The van der Waals surface area contributed by atoms with Gasteiger partial charge in [-0.1, -0.05) is 0 Å². The fourth-order valence-corrected chi connectivity index (χ4v) is 1.29. The molecule has 0 aliphatic heterocycles. The maximum absolute atomic E-state index is 12.4. The van der Waals surface area contributed by atoms with Gasteiger partial charge in [0.25, 0.3) is 0 Å². The monoisotopic (exact) mass is 269 g/mol. The van der Waals surface area contributed by atoms with Crippen LogP contribution < -0.4 is 5.32 Å². The van der Waals surface area contributed by atoms with Crippen molar-refractivity contribution < 1.29 is 18.3 Å². The van der Waals surface area contributed by atoms with E-state index in [1.807, 2.05) is 0 Å². The number of nitrogens with one attached hydrogen (secondary N) is 1. The number of alkyl halides is 3. The van der Waals surface area contributed by atoms with Gasteiger partial charge in [0.2, 0.25) is 5.28 Å². The van der Waals surface area contributed by atoms with E-state index in [-0.39, 0.29) is 12.4 Å². The standard InChI is InChI=1S/C9H11ClF3N3O/c10-8-15-6(9(11,12)13)5-7(16-8)14-3-1-2-4-17/h5,17H,1-4H2,(H,14,15,16). The second kappa shape index (κ2) is 6.02. The molecule has 0 radical (unpaired) electrons. The van der Waals surface area contributed by atoms with Gasteiger partial charge in [0.1, 0.15) is 5.82 Å². The summed E-state index contributed by atoms with van der Waals surface area (Å²) in [6.07, 6.45) is -3.36. The Morgan fingerprint density at radius 2 is 2.00 bits per heavy atom. The number of unbranched alkanes of at least 4 members (excludes halogenated alkanes) is 1. The van der Waals surface area contributed by atoms with Crippen molar-refractivity contribution in [2.24, 2.45) is 0 Å². The number of hydrogen-bond acceptors (Lipinski definition) is 4. The first-order valence-corrected chi connectivity index (χ1v) is 5.28. The van der Waals surface area contributed by atoms with Crippen LogP contribution in [-0.2, 0) is 6.18 Å². The van der Waals surface area contributed by atoms with E-state index in [0.717, 1.165) is 6.07 Å². The number of aliphatic hydroxyl groups excluding tert-OH is 1. The highest BCUT2D eigenvalue weighted by Crippen LogP contribution is 2.29. The molecule has 0 atom stereocenters. The Morgan fingerprint density at radius 1 is 1.29 bits per heavy atom. The van der Waals surface area contributed by atoms with Gasteiger partial charge in [-0.3, -0.25) is 0 Å². The molecule has 1 aromatic rings. The molecule has 2 N–H and O–H groups in total. The molecular formula is C9H11ClF3N3O. The van der Waals surface area contributed by atoms with Gasteiger partial charge in [0.05, 0.1) is 0 Å². The van der Waals surface area contributed by atoms with Crippen LogP contribution in [0.15, 0.2) is 6.07 Å². The molecule has 17 heavy (non-hydrogen) atoms. The molecule has 4 nitrogen and oxygen atoms in total. The maximum Gasteiger partial charge on any atom is 0.433 e. The Balaban J connectivity index is 2.69. The molecule has 96 valence electrons. The van der Waals surface area contributed by atoms with Crippen LogP contribution in [0.1, 0.15) is 18.5 Å². The van der Waals surface area contributed by atoms with E-state index >= 15 is 0 Å². The lowest BCUT2D eigenvalue weighted by Gasteiger charge is -2.09. The maximum atomic E-state index is 12.4. The van der Waals surface area contributed by atoms with Crippen LogP contribution in [0, 0.1) is 0 Å². The average molecular weight is 270 g/mol. The van der Waals surface area contributed by atoms with Crippen molar-refractivity contribution in [1.82, 2.24) is 9.97 Å². The lowest BCUT2D eigenvalue weighted by molar-refractivity contribution is -0.141. The Kier molecular flexibility index (Phi) is 4.95. The van der Waals surface area contributed by atoms with Gasteiger partial charge >= 0.3 is 6.18 Å². The second-order valence-electron chi connectivity index (χ2n) is 3.26. The summed E-state index contributed by atoms with van der Waals surface area (Å²) in [6, 6.07) is 0.796.